The Morgan fingerprint density at radius 3 is 2.64 bits per heavy atom. The first-order chi connectivity index (χ1) is 6.88. The number of nitrogens with zero attached hydrogens (tertiary/aromatic N) is 3. The van der Waals surface area contributed by atoms with E-state index in [1.807, 2.05) is 4.57 Å². The minimum absolute atomic E-state index is 0.450. The van der Waals surface area contributed by atoms with Crippen LogP contribution in [0.5, 0.6) is 0 Å². The van der Waals surface area contributed by atoms with Crippen molar-refractivity contribution < 1.29 is 4.79 Å². The average Bonchev–Trinajstić information content (AvgIpc) is 3.07. The molecule has 0 unspecified atom stereocenters. The molecule has 0 aromatic carbocycles. The van der Waals surface area contributed by atoms with Gasteiger partial charge in [-0.15, -0.1) is 10.2 Å². The summed E-state index contributed by atoms with van der Waals surface area (Å²) in [5, 5.41) is 11.1. The summed E-state index contributed by atoms with van der Waals surface area (Å²) in [5.41, 5.74) is 0. The lowest BCUT2D eigenvalue weighted by molar-refractivity contribution is 0.111. The number of hydrogen-bond donors (Lipinski definition) is 1. The number of hydrogen-bond acceptors (Lipinski definition) is 4. The predicted octanol–water partition coefficient (Wildman–Crippen LogP) is 1.000. The van der Waals surface area contributed by atoms with E-state index in [2.05, 4.69) is 15.5 Å². The highest BCUT2D eigenvalue weighted by Gasteiger charge is 2.31. The fraction of sp³-hybridized carbons (Fsp3) is 0.667. The van der Waals surface area contributed by atoms with Gasteiger partial charge in [0.1, 0.15) is 0 Å². The van der Waals surface area contributed by atoms with Crippen molar-refractivity contribution in [2.24, 2.45) is 0 Å². The van der Waals surface area contributed by atoms with Crippen LogP contribution in [0.25, 0.3) is 0 Å². The summed E-state index contributed by atoms with van der Waals surface area (Å²) in [6.45, 7) is 0. The Morgan fingerprint density at radius 2 is 2.07 bits per heavy atom. The lowest BCUT2D eigenvalue weighted by Gasteiger charge is -2.06. The van der Waals surface area contributed by atoms with Gasteiger partial charge < -0.3 is 5.32 Å². The van der Waals surface area contributed by atoms with Crippen molar-refractivity contribution in [2.45, 2.75) is 37.8 Å². The van der Waals surface area contributed by atoms with Crippen molar-refractivity contribution in [3.63, 3.8) is 0 Å². The van der Waals surface area contributed by atoms with Crippen LogP contribution in [0.3, 0.4) is 0 Å². The SMILES string of the molecule is O=Cc1nnc(NC2CC2)n1C1CC1. The van der Waals surface area contributed by atoms with E-state index in [4.69, 9.17) is 0 Å². The summed E-state index contributed by atoms with van der Waals surface area (Å²) in [6, 6.07) is 1.00. The summed E-state index contributed by atoms with van der Waals surface area (Å²) in [5.74, 6) is 1.23. The first-order valence-electron chi connectivity index (χ1n) is 5.05. The molecular formula is C9H12N4O. The summed E-state index contributed by atoms with van der Waals surface area (Å²) in [6.07, 6.45) is 5.46. The van der Waals surface area contributed by atoms with Gasteiger partial charge in [-0.05, 0) is 25.7 Å². The Balaban J connectivity index is 1.91. The second kappa shape index (κ2) is 2.80. The lowest BCUT2D eigenvalue weighted by atomic mass is 10.5. The molecule has 0 amide bonds. The smallest absolute Gasteiger partial charge is 0.225 e. The van der Waals surface area contributed by atoms with Crippen molar-refractivity contribution in [1.82, 2.24) is 14.8 Å². The first kappa shape index (κ1) is 7.96. The molecular weight excluding hydrogens is 180 g/mol. The molecule has 0 aliphatic heterocycles. The monoisotopic (exact) mass is 192 g/mol. The van der Waals surface area contributed by atoms with Crippen LogP contribution in [-0.4, -0.2) is 27.1 Å². The summed E-state index contributed by atoms with van der Waals surface area (Å²) >= 11 is 0. The first-order valence-corrected chi connectivity index (χ1v) is 5.05. The van der Waals surface area contributed by atoms with E-state index in [-0.39, 0.29) is 0 Å². The zero-order valence-electron chi connectivity index (χ0n) is 7.81. The van der Waals surface area contributed by atoms with Crippen LogP contribution >= 0.6 is 0 Å². The highest BCUT2D eigenvalue weighted by Crippen LogP contribution is 2.38. The van der Waals surface area contributed by atoms with Gasteiger partial charge in [-0.1, -0.05) is 0 Å². The van der Waals surface area contributed by atoms with E-state index in [1.54, 1.807) is 0 Å². The summed E-state index contributed by atoms with van der Waals surface area (Å²) < 4.78 is 1.94. The van der Waals surface area contributed by atoms with Crippen LogP contribution in [-0.2, 0) is 0 Å². The van der Waals surface area contributed by atoms with E-state index in [0.717, 1.165) is 25.1 Å². The molecule has 1 aromatic rings. The molecule has 2 fully saturated rings. The van der Waals surface area contributed by atoms with Crippen LogP contribution in [0.2, 0.25) is 0 Å². The quantitative estimate of drug-likeness (QED) is 0.723. The molecule has 1 N–H and O–H groups in total. The minimum Gasteiger partial charge on any atom is -0.352 e. The Morgan fingerprint density at radius 1 is 1.29 bits per heavy atom. The Kier molecular flexibility index (Phi) is 1.59. The molecule has 2 aliphatic carbocycles. The van der Waals surface area contributed by atoms with E-state index in [1.165, 1.54) is 12.8 Å². The van der Waals surface area contributed by atoms with Crippen LogP contribution < -0.4 is 5.32 Å². The van der Waals surface area contributed by atoms with Gasteiger partial charge >= 0.3 is 0 Å². The predicted molar refractivity (Wildman–Crippen MR) is 50.3 cm³/mol. The van der Waals surface area contributed by atoms with Gasteiger partial charge in [0.2, 0.25) is 5.95 Å². The van der Waals surface area contributed by atoms with Gasteiger partial charge in [0, 0.05) is 12.1 Å². The minimum atomic E-state index is 0.450. The fourth-order valence-electron chi connectivity index (χ4n) is 1.59. The standard InChI is InChI=1S/C9H12N4O/c14-5-8-11-12-9(10-6-1-2-6)13(8)7-3-4-7/h5-7H,1-4H2,(H,10,12). The maximum Gasteiger partial charge on any atom is 0.225 e. The van der Waals surface area contributed by atoms with Gasteiger partial charge in [0.25, 0.3) is 0 Å². The Labute approximate surface area is 81.5 Å². The zero-order valence-corrected chi connectivity index (χ0v) is 7.81. The number of anilines is 1. The third kappa shape index (κ3) is 1.29. The van der Waals surface area contributed by atoms with E-state index >= 15 is 0 Å². The van der Waals surface area contributed by atoms with Crippen LogP contribution in [0, 0.1) is 0 Å². The molecule has 0 radical (unpaired) electrons. The Bertz CT molecular complexity index is 365. The van der Waals surface area contributed by atoms with Gasteiger partial charge in [-0.2, -0.15) is 0 Å². The number of rotatable bonds is 4. The Hall–Kier alpha value is -1.39. The summed E-state index contributed by atoms with van der Waals surface area (Å²) in [7, 11) is 0. The third-order valence-corrected chi connectivity index (χ3v) is 2.65. The highest BCUT2D eigenvalue weighted by atomic mass is 16.1. The van der Waals surface area contributed by atoms with Crippen LogP contribution in [0.1, 0.15) is 42.3 Å². The van der Waals surface area contributed by atoms with E-state index < -0.39 is 0 Å². The molecule has 74 valence electrons. The maximum atomic E-state index is 10.7. The van der Waals surface area contributed by atoms with Gasteiger partial charge in [-0.3, -0.25) is 9.36 Å². The topological polar surface area (TPSA) is 59.8 Å². The number of aldehydes is 1. The molecule has 1 aromatic heterocycles. The van der Waals surface area contributed by atoms with Crippen molar-refractivity contribution in [3.8, 4) is 0 Å². The van der Waals surface area contributed by atoms with Crippen molar-refractivity contribution in [1.29, 1.82) is 0 Å². The second-order valence-corrected chi connectivity index (χ2v) is 4.02. The molecule has 5 nitrogen and oxygen atoms in total. The number of nitrogens with one attached hydrogen (secondary N) is 1. The third-order valence-electron chi connectivity index (χ3n) is 2.65. The molecule has 0 saturated heterocycles. The molecule has 2 saturated carbocycles. The molecule has 1 heterocycles. The zero-order chi connectivity index (χ0) is 9.54. The maximum absolute atomic E-state index is 10.7. The molecule has 0 atom stereocenters. The summed E-state index contributed by atoms with van der Waals surface area (Å²) in [4.78, 5) is 10.7. The number of carbonyl (C=O) groups excluding carboxylic acids is 1. The van der Waals surface area contributed by atoms with Crippen LogP contribution in [0.15, 0.2) is 0 Å². The number of aromatic nitrogens is 3. The normalized spacial score (nSPS) is 20.9. The van der Waals surface area contributed by atoms with E-state index in [9.17, 15) is 4.79 Å². The molecule has 14 heavy (non-hydrogen) atoms. The lowest BCUT2D eigenvalue weighted by Crippen LogP contribution is -2.10. The molecule has 0 bridgehead atoms. The second-order valence-electron chi connectivity index (χ2n) is 4.02. The largest absolute Gasteiger partial charge is 0.352 e. The van der Waals surface area contributed by atoms with Crippen LogP contribution in [0.4, 0.5) is 5.95 Å². The van der Waals surface area contributed by atoms with Gasteiger partial charge in [0.15, 0.2) is 12.1 Å². The average molecular weight is 192 g/mol. The van der Waals surface area contributed by atoms with Crippen molar-refractivity contribution in [2.75, 3.05) is 5.32 Å². The molecule has 2 aliphatic rings. The molecule has 3 rings (SSSR count). The van der Waals surface area contributed by atoms with Crippen molar-refractivity contribution in [3.05, 3.63) is 5.82 Å². The molecule has 5 heteroatoms. The fourth-order valence-corrected chi connectivity index (χ4v) is 1.59. The van der Waals surface area contributed by atoms with Gasteiger partial charge in [0.05, 0.1) is 0 Å². The van der Waals surface area contributed by atoms with Gasteiger partial charge in [-0.25, -0.2) is 0 Å². The molecule has 0 spiro atoms. The number of carbonyl (C=O) groups is 1. The highest BCUT2D eigenvalue weighted by molar-refractivity contribution is 5.70. The van der Waals surface area contributed by atoms with Crippen molar-refractivity contribution >= 4 is 12.2 Å². The van der Waals surface area contributed by atoms with E-state index in [0.29, 0.717) is 17.9 Å².